The fraction of sp³-hybridized carbons (Fsp3) is 0.471. The Labute approximate surface area is 119 Å². The molecular weight excluding hydrogens is 248 g/mol. The normalized spacial score (nSPS) is 26.6. The van der Waals surface area contributed by atoms with Crippen LogP contribution in [0.4, 0.5) is 0 Å². The SMILES string of the molecule is CC1CCCC(NC(=O)c2ccc3[nH]ccc3c2)C1C. The Morgan fingerprint density at radius 3 is 2.95 bits per heavy atom. The average Bonchev–Trinajstić information content (AvgIpc) is 2.91. The minimum atomic E-state index is 0.0547. The third-order valence-electron chi connectivity index (χ3n) is 4.84. The molecule has 1 aliphatic rings. The molecular formula is C17H22N2O. The van der Waals surface area contributed by atoms with Gasteiger partial charge >= 0.3 is 0 Å². The summed E-state index contributed by atoms with van der Waals surface area (Å²) in [5.74, 6) is 1.31. The Morgan fingerprint density at radius 2 is 2.10 bits per heavy atom. The molecule has 3 nitrogen and oxygen atoms in total. The summed E-state index contributed by atoms with van der Waals surface area (Å²) in [5, 5.41) is 4.31. The van der Waals surface area contributed by atoms with Gasteiger partial charge in [-0.15, -0.1) is 0 Å². The van der Waals surface area contributed by atoms with Crippen LogP contribution in [0.5, 0.6) is 0 Å². The van der Waals surface area contributed by atoms with Crippen molar-refractivity contribution in [2.24, 2.45) is 11.8 Å². The highest BCUT2D eigenvalue weighted by Gasteiger charge is 2.28. The monoisotopic (exact) mass is 270 g/mol. The number of H-pyrrole nitrogens is 1. The van der Waals surface area contributed by atoms with Crippen molar-refractivity contribution in [3.8, 4) is 0 Å². The van der Waals surface area contributed by atoms with Gasteiger partial charge in [0.25, 0.3) is 5.91 Å². The highest BCUT2D eigenvalue weighted by atomic mass is 16.1. The molecule has 3 heteroatoms. The third kappa shape index (κ3) is 2.45. The second-order valence-electron chi connectivity index (χ2n) is 6.13. The van der Waals surface area contributed by atoms with E-state index in [-0.39, 0.29) is 5.91 Å². The summed E-state index contributed by atoms with van der Waals surface area (Å²) >= 11 is 0. The molecule has 0 saturated heterocycles. The molecule has 3 rings (SSSR count). The minimum Gasteiger partial charge on any atom is -0.361 e. The zero-order valence-corrected chi connectivity index (χ0v) is 12.1. The first-order chi connectivity index (χ1) is 9.65. The number of fused-ring (bicyclic) bond motifs is 1. The molecule has 0 radical (unpaired) electrons. The van der Waals surface area contributed by atoms with E-state index in [4.69, 9.17) is 0 Å². The molecule has 1 aromatic heterocycles. The average molecular weight is 270 g/mol. The van der Waals surface area contributed by atoms with Gasteiger partial charge in [0.05, 0.1) is 0 Å². The molecule has 106 valence electrons. The van der Waals surface area contributed by atoms with Crippen molar-refractivity contribution in [2.75, 3.05) is 0 Å². The molecule has 1 fully saturated rings. The van der Waals surface area contributed by atoms with Gasteiger partial charge in [0, 0.05) is 28.7 Å². The van der Waals surface area contributed by atoms with Crippen LogP contribution in [0.3, 0.4) is 0 Å². The van der Waals surface area contributed by atoms with Gasteiger partial charge in [-0.25, -0.2) is 0 Å². The molecule has 1 saturated carbocycles. The lowest BCUT2D eigenvalue weighted by atomic mass is 9.78. The molecule has 1 heterocycles. The fourth-order valence-electron chi connectivity index (χ4n) is 3.23. The van der Waals surface area contributed by atoms with Crippen LogP contribution in [-0.2, 0) is 0 Å². The van der Waals surface area contributed by atoms with Crippen molar-refractivity contribution < 1.29 is 4.79 Å². The van der Waals surface area contributed by atoms with Crippen LogP contribution < -0.4 is 5.32 Å². The van der Waals surface area contributed by atoms with Gasteiger partial charge in [0.1, 0.15) is 0 Å². The smallest absolute Gasteiger partial charge is 0.251 e. The first-order valence-corrected chi connectivity index (χ1v) is 7.53. The summed E-state index contributed by atoms with van der Waals surface area (Å²) in [6.07, 6.45) is 5.50. The minimum absolute atomic E-state index is 0.0547. The molecule has 0 aliphatic heterocycles. The van der Waals surface area contributed by atoms with Gasteiger partial charge in [0.2, 0.25) is 0 Å². The van der Waals surface area contributed by atoms with Crippen LogP contribution in [0.15, 0.2) is 30.5 Å². The van der Waals surface area contributed by atoms with Gasteiger partial charge in [-0.2, -0.15) is 0 Å². The van der Waals surface area contributed by atoms with E-state index in [1.807, 2.05) is 30.5 Å². The maximum Gasteiger partial charge on any atom is 0.251 e. The lowest BCUT2D eigenvalue weighted by Crippen LogP contribution is -2.43. The van der Waals surface area contributed by atoms with Gasteiger partial charge < -0.3 is 10.3 Å². The van der Waals surface area contributed by atoms with Crippen molar-refractivity contribution in [3.63, 3.8) is 0 Å². The summed E-state index contributed by atoms with van der Waals surface area (Å²) in [5.41, 5.74) is 1.82. The number of hydrogen-bond donors (Lipinski definition) is 2. The number of rotatable bonds is 2. The van der Waals surface area contributed by atoms with Crippen molar-refractivity contribution in [2.45, 2.75) is 39.2 Å². The van der Waals surface area contributed by atoms with Crippen molar-refractivity contribution in [1.29, 1.82) is 0 Å². The Bertz CT molecular complexity index is 616. The first-order valence-electron chi connectivity index (χ1n) is 7.53. The lowest BCUT2D eigenvalue weighted by Gasteiger charge is -2.34. The molecule has 2 N–H and O–H groups in total. The number of benzene rings is 1. The first kappa shape index (κ1) is 13.2. The van der Waals surface area contributed by atoms with Crippen LogP contribution in [0.2, 0.25) is 0 Å². The summed E-state index contributed by atoms with van der Waals surface area (Å²) in [4.78, 5) is 15.6. The largest absolute Gasteiger partial charge is 0.361 e. The number of aromatic amines is 1. The molecule has 1 aromatic carbocycles. The van der Waals surface area contributed by atoms with E-state index in [0.29, 0.717) is 17.9 Å². The summed E-state index contributed by atoms with van der Waals surface area (Å²) in [7, 11) is 0. The van der Waals surface area contributed by atoms with Crippen molar-refractivity contribution >= 4 is 16.8 Å². The van der Waals surface area contributed by atoms with E-state index in [1.54, 1.807) is 0 Å². The molecule has 3 atom stereocenters. The Kier molecular flexibility index (Phi) is 3.51. The number of amides is 1. The zero-order valence-electron chi connectivity index (χ0n) is 12.1. The van der Waals surface area contributed by atoms with Crippen LogP contribution >= 0.6 is 0 Å². The summed E-state index contributed by atoms with van der Waals surface area (Å²) in [6, 6.07) is 8.13. The fourth-order valence-corrected chi connectivity index (χ4v) is 3.23. The highest BCUT2D eigenvalue weighted by molar-refractivity contribution is 5.98. The van der Waals surface area contributed by atoms with E-state index >= 15 is 0 Å². The van der Waals surface area contributed by atoms with Crippen molar-refractivity contribution in [1.82, 2.24) is 10.3 Å². The van der Waals surface area contributed by atoms with E-state index in [0.717, 1.165) is 22.9 Å². The molecule has 3 unspecified atom stereocenters. The van der Waals surface area contributed by atoms with Gasteiger partial charge in [-0.1, -0.05) is 26.7 Å². The van der Waals surface area contributed by atoms with E-state index < -0.39 is 0 Å². The zero-order chi connectivity index (χ0) is 14.1. The topological polar surface area (TPSA) is 44.9 Å². The molecule has 20 heavy (non-hydrogen) atoms. The van der Waals surface area contributed by atoms with Crippen LogP contribution in [0.1, 0.15) is 43.5 Å². The number of hydrogen-bond acceptors (Lipinski definition) is 1. The second-order valence-corrected chi connectivity index (χ2v) is 6.13. The van der Waals surface area contributed by atoms with Crippen LogP contribution in [0, 0.1) is 11.8 Å². The van der Waals surface area contributed by atoms with E-state index in [9.17, 15) is 4.79 Å². The van der Waals surface area contributed by atoms with Gasteiger partial charge in [0.15, 0.2) is 0 Å². The van der Waals surface area contributed by atoms with Crippen LogP contribution in [-0.4, -0.2) is 16.9 Å². The molecule has 0 bridgehead atoms. The van der Waals surface area contributed by atoms with Gasteiger partial charge in [-0.05, 0) is 42.5 Å². The predicted molar refractivity (Wildman–Crippen MR) is 81.7 cm³/mol. The van der Waals surface area contributed by atoms with Crippen molar-refractivity contribution in [3.05, 3.63) is 36.0 Å². The highest BCUT2D eigenvalue weighted by Crippen LogP contribution is 2.29. The number of aromatic nitrogens is 1. The number of nitrogens with one attached hydrogen (secondary N) is 2. The quantitative estimate of drug-likeness (QED) is 0.858. The summed E-state index contributed by atoms with van der Waals surface area (Å²) in [6.45, 7) is 4.54. The van der Waals surface area contributed by atoms with E-state index in [2.05, 4.69) is 24.1 Å². The van der Waals surface area contributed by atoms with Gasteiger partial charge in [-0.3, -0.25) is 4.79 Å². The number of carbonyl (C=O) groups is 1. The Balaban J connectivity index is 1.75. The van der Waals surface area contributed by atoms with Crippen LogP contribution in [0.25, 0.3) is 10.9 Å². The number of carbonyl (C=O) groups excluding carboxylic acids is 1. The molecule has 1 aliphatic carbocycles. The standard InChI is InChI=1S/C17H22N2O/c1-11-4-3-5-15(12(11)2)19-17(20)14-6-7-16-13(10-14)8-9-18-16/h6-12,15,18H,3-5H2,1-2H3,(H,19,20). The van der Waals surface area contributed by atoms with E-state index in [1.165, 1.54) is 12.8 Å². The Hall–Kier alpha value is -1.77. The molecule has 1 amide bonds. The second kappa shape index (κ2) is 5.31. The summed E-state index contributed by atoms with van der Waals surface area (Å²) < 4.78 is 0. The Morgan fingerprint density at radius 1 is 1.25 bits per heavy atom. The molecule has 2 aromatic rings. The maximum atomic E-state index is 12.4. The maximum absolute atomic E-state index is 12.4. The third-order valence-corrected chi connectivity index (χ3v) is 4.84. The predicted octanol–water partition coefficient (Wildman–Crippen LogP) is 3.72. The lowest BCUT2D eigenvalue weighted by molar-refractivity contribution is 0.0891. The molecule has 0 spiro atoms.